The SMILES string of the molecule is CCn1nncc1C(=O)CCc1c(C)nn(C)c1C. The molecule has 0 spiro atoms. The van der Waals surface area contributed by atoms with Gasteiger partial charge < -0.3 is 0 Å². The number of hydrogen-bond donors (Lipinski definition) is 0. The van der Waals surface area contributed by atoms with Crippen LogP contribution in [0.4, 0.5) is 0 Å². The third-order valence-corrected chi connectivity index (χ3v) is 3.46. The highest BCUT2D eigenvalue weighted by Gasteiger charge is 2.15. The number of rotatable bonds is 5. The molecule has 0 amide bonds. The Morgan fingerprint density at radius 1 is 1.37 bits per heavy atom. The Morgan fingerprint density at radius 3 is 2.68 bits per heavy atom. The predicted molar refractivity (Wildman–Crippen MR) is 71.0 cm³/mol. The molecule has 0 fully saturated rings. The first-order chi connectivity index (χ1) is 9.04. The lowest BCUT2D eigenvalue weighted by Gasteiger charge is -2.03. The van der Waals surface area contributed by atoms with Crippen molar-refractivity contribution >= 4 is 5.78 Å². The lowest BCUT2D eigenvalue weighted by atomic mass is 10.0. The lowest BCUT2D eigenvalue weighted by molar-refractivity contribution is 0.0972. The molecular weight excluding hydrogens is 242 g/mol. The van der Waals surface area contributed by atoms with Gasteiger partial charge in [0.2, 0.25) is 0 Å². The highest BCUT2D eigenvalue weighted by Crippen LogP contribution is 2.15. The maximum atomic E-state index is 12.2. The van der Waals surface area contributed by atoms with Gasteiger partial charge in [0.25, 0.3) is 0 Å². The lowest BCUT2D eigenvalue weighted by Crippen LogP contribution is -2.10. The summed E-state index contributed by atoms with van der Waals surface area (Å²) in [6, 6.07) is 0. The average Bonchev–Trinajstić information content (AvgIpc) is 2.94. The molecule has 2 aromatic heterocycles. The Balaban J connectivity index is 2.09. The Bertz CT molecular complexity index is 596. The van der Waals surface area contributed by atoms with E-state index in [-0.39, 0.29) is 5.78 Å². The summed E-state index contributed by atoms with van der Waals surface area (Å²) in [6.45, 7) is 6.61. The van der Waals surface area contributed by atoms with Gasteiger partial charge in [0, 0.05) is 25.7 Å². The second kappa shape index (κ2) is 5.34. The minimum atomic E-state index is 0.0782. The Hall–Kier alpha value is -1.98. The molecule has 2 rings (SSSR count). The second-order valence-corrected chi connectivity index (χ2v) is 4.63. The molecular formula is C13H19N5O. The normalized spacial score (nSPS) is 10.9. The molecule has 0 saturated carbocycles. The number of aryl methyl sites for hydroxylation is 3. The van der Waals surface area contributed by atoms with Crippen LogP contribution in [-0.4, -0.2) is 30.6 Å². The molecule has 0 bridgehead atoms. The van der Waals surface area contributed by atoms with Crippen LogP contribution in [0.3, 0.4) is 0 Å². The van der Waals surface area contributed by atoms with Crippen LogP contribution >= 0.6 is 0 Å². The Kier molecular flexibility index (Phi) is 3.78. The first-order valence-electron chi connectivity index (χ1n) is 6.45. The first kappa shape index (κ1) is 13.5. The van der Waals surface area contributed by atoms with Crippen molar-refractivity contribution in [1.82, 2.24) is 24.8 Å². The zero-order valence-electron chi connectivity index (χ0n) is 11.8. The van der Waals surface area contributed by atoms with Crippen LogP contribution in [0.1, 0.15) is 40.8 Å². The van der Waals surface area contributed by atoms with Crippen molar-refractivity contribution in [3.05, 3.63) is 28.8 Å². The highest BCUT2D eigenvalue weighted by molar-refractivity contribution is 5.94. The molecule has 0 aliphatic heterocycles. The van der Waals surface area contributed by atoms with Gasteiger partial charge in [0.15, 0.2) is 5.78 Å². The molecule has 0 atom stereocenters. The summed E-state index contributed by atoms with van der Waals surface area (Å²) < 4.78 is 3.48. The summed E-state index contributed by atoms with van der Waals surface area (Å²) in [5, 5.41) is 12.0. The molecule has 2 heterocycles. The van der Waals surface area contributed by atoms with E-state index in [0.717, 1.165) is 17.0 Å². The van der Waals surface area contributed by atoms with Crippen molar-refractivity contribution in [3.63, 3.8) is 0 Å². The number of carbonyl (C=O) groups is 1. The largest absolute Gasteiger partial charge is 0.292 e. The van der Waals surface area contributed by atoms with E-state index in [2.05, 4.69) is 15.4 Å². The van der Waals surface area contributed by atoms with Gasteiger partial charge in [-0.2, -0.15) is 5.10 Å². The minimum absolute atomic E-state index is 0.0782. The number of ketones is 1. The van der Waals surface area contributed by atoms with Crippen molar-refractivity contribution in [3.8, 4) is 0 Å². The van der Waals surface area contributed by atoms with E-state index in [9.17, 15) is 4.79 Å². The fraction of sp³-hybridized carbons (Fsp3) is 0.538. The van der Waals surface area contributed by atoms with E-state index < -0.39 is 0 Å². The number of Topliss-reactive ketones (excluding diaryl/α,β-unsaturated/α-hetero) is 1. The van der Waals surface area contributed by atoms with Gasteiger partial charge in [0.05, 0.1) is 11.9 Å². The van der Waals surface area contributed by atoms with Crippen LogP contribution in [0.2, 0.25) is 0 Å². The summed E-state index contributed by atoms with van der Waals surface area (Å²) in [6.07, 6.45) is 2.70. The maximum absolute atomic E-state index is 12.2. The maximum Gasteiger partial charge on any atom is 0.182 e. The number of nitrogens with zero attached hydrogens (tertiary/aromatic N) is 5. The zero-order valence-corrected chi connectivity index (χ0v) is 11.8. The van der Waals surface area contributed by atoms with E-state index in [1.54, 1.807) is 4.68 Å². The van der Waals surface area contributed by atoms with Crippen molar-refractivity contribution in [1.29, 1.82) is 0 Å². The van der Waals surface area contributed by atoms with Gasteiger partial charge in [-0.05, 0) is 32.8 Å². The van der Waals surface area contributed by atoms with Crippen LogP contribution in [0.5, 0.6) is 0 Å². The van der Waals surface area contributed by atoms with E-state index in [1.165, 1.54) is 6.20 Å². The van der Waals surface area contributed by atoms with Crippen LogP contribution in [-0.2, 0) is 20.0 Å². The van der Waals surface area contributed by atoms with Gasteiger partial charge >= 0.3 is 0 Å². The molecule has 6 nitrogen and oxygen atoms in total. The molecule has 0 aliphatic rings. The molecule has 102 valence electrons. The van der Waals surface area contributed by atoms with Crippen molar-refractivity contribution in [2.24, 2.45) is 7.05 Å². The molecule has 0 aliphatic carbocycles. The molecule has 0 radical (unpaired) electrons. The molecule has 0 unspecified atom stereocenters. The fourth-order valence-corrected chi connectivity index (χ4v) is 2.25. The summed E-state index contributed by atoms with van der Waals surface area (Å²) >= 11 is 0. The van der Waals surface area contributed by atoms with Gasteiger partial charge in [0.1, 0.15) is 5.69 Å². The van der Waals surface area contributed by atoms with Crippen LogP contribution in [0.25, 0.3) is 0 Å². The summed E-state index contributed by atoms with van der Waals surface area (Å²) in [5.41, 5.74) is 3.86. The summed E-state index contributed by atoms with van der Waals surface area (Å²) in [7, 11) is 1.92. The third kappa shape index (κ3) is 2.57. The van der Waals surface area contributed by atoms with Gasteiger partial charge in [-0.3, -0.25) is 9.48 Å². The van der Waals surface area contributed by atoms with Crippen molar-refractivity contribution < 1.29 is 4.79 Å². The summed E-state index contributed by atoms with van der Waals surface area (Å²) in [4.78, 5) is 12.2. The molecule has 0 aromatic carbocycles. The van der Waals surface area contributed by atoms with Crippen molar-refractivity contribution in [2.45, 2.75) is 40.2 Å². The van der Waals surface area contributed by atoms with Crippen LogP contribution < -0.4 is 0 Å². The average molecular weight is 261 g/mol. The van der Waals surface area contributed by atoms with E-state index in [0.29, 0.717) is 25.1 Å². The second-order valence-electron chi connectivity index (χ2n) is 4.63. The standard InChI is InChI=1S/C13H19N5O/c1-5-18-12(8-14-16-18)13(19)7-6-11-9(2)15-17(4)10(11)3/h8H,5-7H2,1-4H3. The molecule has 19 heavy (non-hydrogen) atoms. The van der Waals surface area contributed by atoms with E-state index in [4.69, 9.17) is 0 Å². The fourth-order valence-electron chi connectivity index (χ4n) is 2.25. The van der Waals surface area contributed by atoms with Crippen molar-refractivity contribution in [2.75, 3.05) is 0 Å². The van der Waals surface area contributed by atoms with Gasteiger partial charge in [-0.15, -0.1) is 5.10 Å². The number of aromatic nitrogens is 5. The quantitative estimate of drug-likeness (QED) is 0.764. The highest BCUT2D eigenvalue weighted by atomic mass is 16.1. The predicted octanol–water partition coefficient (Wildman–Crippen LogP) is 1.46. The number of hydrogen-bond acceptors (Lipinski definition) is 4. The third-order valence-electron chi connectivity index (χ3n) is 3.46. The Morgan fingerprint density at radius 2 is 2.11 bits per heavy atom. The Labute approximate surface area is 112 Å². The molecule has 2 aromatic rings. The van der Waals surface area contributed by atoms with Gasteiger partial charge in [-0.1, -0.05) is 5.21 Å². The van der Waals surface area contributed by atoms with Gasteiger partial charge in [-0.25, -0.2) is 4.68 Å². The van der Waals surface area contributed by atoms with E-state index >= 15 is 0 Å². The number of carbonyl (C=O) groups excluding carboxylic acids is 1. The topological polar surface area (TPSA) is 65.6 Å². The minimum Gasteiger partial charge on any atom is -0.292 e. The molecule has 0 saturated heterocycles. The molecule has 0 N–H and O–H groups in total. The smallest absolute Gasteiger partial charge is 0.182 e. The van der Waals surface area contributed by atoms with Crippen LogP contribution in [0.15, 0.2) is 6.20 Å². The zero-order chi connectivity index (χ0) is 14.0. The summed E-state index contributed by atoms with van der Waals surface area (Å²) in [5.74, 6) is 0.0782. The van der Waals surface area contributed by atoms with Crippen LogP contribution in [0, 0.1) is 13.8 Å². The first-order valence-corrected chi connectivity index (χ1v) is 6.45. The monoisotopic (exact) mass is 261 g/mol. The molecule has 6 heteroatoms. The van der Waals surface area contributed by atoms with E-state index in [1.807, 2.05) is 32.5 Å².